The molecule has 0 bridgehead atoms. The van der Waals surface area contributed by atoms with Gasteiger partial charge in [-0.3, -0.25) is 0 Å². The number of aromatic carboxylic acids is 1. The molecule has 17 heavy (non-hydrogen) atoms. The molecule has 0 spiro atoms. The minimum atomic E-state index is -0.930. The van der Waals surface area contributed by atoms with Crippen LogP contribution in [0.4, 0.5) is 5.69 Å². The zero-order valence-corrected chi connectivity index (χ0v) is 11.0. The standard InChI is InChI=1S/C12H14BrNO3/c1-7-10(4-5-17-7)14-11-3-2-8(13)6-9(11)12(15)16/h2-3,6-7,10,14H,4-5H2,1H3,(H,15,16). The van der Waals surface area contributed by atoms with Gasteiger partial charge in [0.2, 0.25) is 0 Å². The maximum absolute atomic E-state index is 11.1. The molecule has 1 fully saturated rings. The largest absolute Gasteiger partial charge is 0.478 e. The summed E-state index contributed by atoms with van der Waals surface area (Å²) in [6, 6.07) is 5.38. The number of hydrogen-bond donors (Lipinski definition) is 2. The molecule has 0 aliphatic carbocycles. The van der Waals surface area contributed by atoms with Gasteiger partial charge in [-0.25, -0.2) is 4.79 Å². The van der Waals surface area contributed by atoms with Gasteiger partial charge in [0, 0.05) is 16.8 Å². The van der Waals surface area contributed by atoms with Gasteiger partial charge in [-0.15, -0.1) is 0 Å². The number of ether oxygens (including phenoxy) is 1. The summed E-state index contributed by atoms with van der Waals surface area (Å²) in [5.41, 5.74) is 0.918. The highest BCUT2D eigenvalue weighted by Gasteiger charge is 2.25. The molecule has 2 rings (SSSR count). The summed E-state index contributed by atoms with van der Waals surface area (Å²) in [6.45, 7) is 2.71. The van der Waals surface area contributed by atoms with E-state index in [9.17, 15) is 4.79 Å². The average Bonchev–Trinajstić information content (AvgIpc) is 2.67. The molecule has 5 heteroatoms. The van der Waals surface area contributed by atoms with E-state index in [1.807, 2.05) is 13.0 Å². The highest BCUT2D eigenvalue weighted by atomic mass is 79.9. The summed E-state index contributed by atoms with van der Waals surface area (Å²) in [6.07, 6.45) is 1.01. The topological polar surface area (TPSA) is 58.6 Å². The Labute approximate surface area is 108 Å². The van der Waals surface area contributed by atoms with Crippen LogP contribution in [-0.4, -0.2) is 29.8 Å². The molecule has 2 atom stereocenters. The van der Waals surface area contributed by atoms with Gasteiger partial charge in [0.05, 0.1) is 17.7 Å². The molecule has 0 aromatic heterocycles. The van der Waals surface area contributed by atoms with Crippen molar-refractivity contribution in [1.82, 2.24) is 0 Å². The summed E-state index contributed by atoms with van der Waals surface area (Å²) >= 11 is 3.27. The summed E-state index contributed by atoms with van der Waals surface area (Å²) in [4.78, 5) is 11.1. The lowest BCUT2D eigenvalue weighted by Gasteiger charge is -2.18. The number of carboxylic acids is 1. The Balaban J connectivity index is 2.22. The summed E-state index contributed by atoms with van der Waals surface area (Å²) in [7, 11) is 0. The van der Waals surface area contributed by atoms with Gasteiger partial charge in [-0.2, -0.15) is 0 Å². The van der Waals surface area contributed by atoms with Gasteiger partial charge in [-0.1, -0.05) is 15.9 Å². The SMILES string of the molecule is CC1OCCC1Nc1ccc(Br)cc1C(=O)O. The van der Waals surface area contributed by atoms with Crippen LogP contribution in [0.15, 0.2) is 22.7 Å². The molecule has 0 saturated carbocycles. The molecule has 1 saturated heterocycles. The van der Waals surface area contributed by atoms with Crippen LogP contribution in [-0.2, 0) is 4.74 Å². The Morgan fingerprint density at radius 1 is 1.59 bits per heavy atom. The molecule has 92 valence electrons. The molecule has 2 unspecified atom stereocenters. The van der Waals surface area contributed by atoms with Gasteiger partial charge in [0.15, 0.2) is 0 Å². The molecule has 0 amide bonds. The minimum absolute atomic E-state index is 0.111. The number of rotatable bonds is 3. The number of hydrogen-bond acceptors (Lipinski definition) is 3. The number of anilines is 1. The number of nitrogens with one attached hydrogen (secondary N) is 1. The highest BCUT2D eigenvalue weighted by molar-refractivity contribution is 9.10. The van der Waals surface area contributed by atoms with E-state index < -0.39 is 5.97 Å². The highest BCUT2D eigenvalue weighted by Crippen LogP contribution is 2.25. The van der Waals surface area contributed by atoms with Crippen molar-refractivity contribution in [2.45, 2.75) is 25.5 Å². The number of carboxylic acid groups (broad SMARTS) is 1. The van der Waals surface area contributed by atoms with Crippen LogP contribution in [0.25, 0.3) is 0 Å². The lowest BCUT2D eigenvalue weighted by molar-refractivity contribution is 0.0697. The van der Waals surface area contributed by atoms with Crippen LogP contribution in [0.3, 0.4) is 0 Å². The van der Waals surface area contributed by atoms with Crippen molar-refractivity contribution in [3.63, 3.8) is 0 Å². The minimum Gasteiger partial charge on any atom is -0.478 e. The molecule has 1 aromatic rings. The second-order valence-corrected chi connectivity index (χ2v) is 5.03. The summed E-state index contributed by atoms with van der Waals surface area (Å²) in [5, 5.41) is 12.4. The normalized spacial score (nSPS) is 23.6. The van der Waals surface area contributed by atoms with Gasteiger partial charge in [0.1, 0.15) is 0 Å². The first-order chi connectivity index (χ1) is 8.08. The Bertz CT molecular complexity index is 436. The van der Waals surface area contributed by atoms with Gasteiger partial charge in [-0.05, 0) is 31.5 Å². The first-order valence-electron chi connectivity index (χ1n) is 5.49. The Morgan fingerprint density at radius 3 is 2.94 bits per heavy atom. The van der Waals surface area contributed by atoms with Crippen molar-refractivity contribution < 1.29 is 14.6 Å². The first kappa shape index (κ1) is 12.4. The first-order valence-corrected chi connectivity index (χ1v) is 6.28. The van der Waals surface area contributed by atoms with Crippen molar-refractivity contribution in [1.29, 1.82) is 0 Å². The Morgan fingerprint density at radius 2 is 2.35 bits per heavy atom. The summed E-state index contributed by atoms with van der Waals surface area (Å²) < 4.78 is 6.20. The van der Waals surface area contributed by atoms with Gasteiger partial charge in [0.25, 0.3) is 0 Å². The third-order valence-electron chi connectivity index (χ3n) is 2.93. The van der Waals surface area contributed by atoms with Crippen LogP contribution < -0.4 is 5.32 Å². The van der Waals surface area contributed by atoms with Crippen molar-refractivity contribution in [2.75, 3.05) is 11.9 Å². The number of halogens is 1. The monoisotopic (exact) mass is 299 g/mol. The van der Waals surface area contributed by atoms with Crippen molar-refractivity contribution in [3.8, 4) is 0 Å². The van der Waals surface area contributed by atoms with Crippen LogP contribution in [0.5, 0.6) is 0 Å². The molecule has 1 aliphatic rings. The van der Waals surface area contributed by atoms with E-state index in [4.69, 9.17) is 9.84 Å². The maximum Gasteiger partial charge on any atom is 0.337 e. The predicted molar refractivity (Wildman–Crippen MR) is 68.5 cm³/mol. The maximum atomic E-state index is 11.1. The van der Waals surface area contributed by atoms with Crippen molar-refractivity contribution in [2.24, 2.45) is 0 Å². The third-order valence-corrected chi connectivity index (χ3v) is 3.42. The predicted octanol–water partition coefficient (Wildman–Crippen LogP) is 2.74. The van der Waals surface area contributed by atoms with E-state index in [0.29, 0.717) is 5.69 Å². The van der Waals surface area contributed by atoms with Crippen LogP contribution in [0.1, 0.15) is 23.7 Å². The second kappa shape index (κ2) is 5.06. The van der Waals surface area contributed by atoms with Crippen LogP contribution >= 0.6 is 15.9 Å². The number of carbonyl (C=O) groups is 1. The van der Waals surface area contributed by atoms with Crippen molar-refractivity contribution in [3.05, 3.63) is 28.2 Å². The molecule has 0 radical (unpaired) electrons. The van der Waals surface area contributed by atoms with E-state index in [1.165, 1.54) is 0 Å². The Kier molecular flexibility index (Phi) is 3.69. The fraction of sp³-hybridized carbons (Fsp3) is 0.417. The van der Waals surface area contributed by atoms with Crippen LogP contribution in [0, 0.1) is 0 Å². The van der Waals surface area contributed by atoms with Gasteiger partial charge < -0.3 is 15.2 Å². The van der Waals surface area contributed by atoms with E-state index in [0.717, 1.165) is 17.5 Å². The van der Waals surface area contributed by atoms with Gasteiger partial charge >= 0.3 is 5.97 Å². The molecular formula is C12H14BrNO3. The smallest absolute Gasteiger partial charge is 0.337 e. The fourth-order valence-electron chi connectivity index (χ4n) is 1.94. The zero-order valence-electron chi connectivity index (χ0n) is 9.44. The molecule has 1 aromatic carbocycles. The number of benzene rings is 1. The van der Waals surface area contributed by atoms with E-state index in [-0.39, 0.29) is 17.7 Å². The molecule has 1 heterocycles. The molecule has 1 aliphatic heterocycles. The molecule has 4 nitrogen and oxygen atoms in total. The van der Waals surface area contributed by atoms with E-state index in [2.05, 4.69) is 21.2 Å². The third kappa shape index (κ3) is 2.79. The lowest BCUT2D eigenvalue weighted by Crippen LogP contribution is -2.27. The van der Waals surface area contributed by atoms with E-state index >= 15 is 0 Å². The fourth-order valence-corrected chi connectivity index (χ4v) is 2.30. The molecule has 2 N–H and O–H groups in total. The second-order valence-electron chi connectivity index (χ2n) is 4.11. The quantitative estimate of drug-likeness (QED) is 0.901. The van der Waals surface area contributed by atoms with E-state index in [1.54, 1.807) is 12.1 Å². The Hall–Kier alpha value is -1.07. The average molecular weight is 300 g/mol. The van der Waals surface area contributed by atoms with Crippen LogP contribution in [0.2, 0.25) is 0 Å². The lowest BCUT2D eigenvalue weighted by atomic mass is 10.1. The van der Waals surface area contributed by atoms with Crippen molar-refractivity contribution >= 4 is 27.6 Å². The zero-order chi connectivity index (χ0) is 12.4. The molecular weight excluding hydrogens is 286 g/mol. The summed E-state index contributed by atoms with van der Waals surface area (Å²) in [5.74, 6) is -0.930.